The van der Waals surface area contributed by atoms with Crippen LogP contribution in [0, 0.1) is 0 Å². The van der Waals surface area contributed by atoms with Gasteiger partial charge in [-0.15, -0.1) is 24.0 Å². The van der Waals surface area contributed by atoms with Gasteiger partial charge in [0.15, 0.2) is 5.96 Å². The van der Waals surface area contributed by atoms with Gasteiger partial charge in [-0.2, -0.15) is 0 Å². The highest BCUT2D eigenvalue weighted by atomic mass is 127. The molecule has 0 spiro atoms. The van der Waals surface area contributed by atoms with Crippen molar-refractivity contribution in [3.8, 4) is 5.75 Å². The molecule has 1 amide bonds. The topological polar surface area (TPSA) is 89.0 Å². The molecule has 0 atom stereocenters. The number of anilines is 1. The average molecular weight is 503 g/mol. The molecule has 1 aliphatic rings. The minimum atomic E-state index is -0.188. The molecule has 1 aromatic carbocycles. The van der Waals surface area contributed by atoms with Crippen molar-refractivity contribution in [2.45, 2.75) is 45.6 Å². The van der Waals surface area contributed by atoms with Gasteiger partial charge < -0.3 is 26.0 Å². The van der Waals surface area contributed by atoms with Gasteiger partial charge in [0.05, 0.1) is 0 Å². The number of nitrogens with one attached hydrogen (secondary N) is 3. The van der Waals surface area contributed by atoms with E-state index in [-0.39, 0.29) is 42.2 Å². The van der Waals surface area contributed by atoms with E-state index in [9.17, 15) is 9.90 Å². The predicted octanol–water partition coefficient (Wildman–Crippen LogP) is 2.77. The second-order valence-electron chi connectivity index (χ2n) is 6.90. The Morgan fingerprint density at radius 2 is 1.89 bits per heavy atom. The first kappa shape index (κ1) is 24.5. The lowest BCUT2D eigenvalue weighted by atomic mass is 10.0. The van der Waals surface area contributed by atoms with Crippen LogP contribution < -0.4 is 16.0 Å². The molecule has 1 saturated heterocycles. The van der Waals surface area contributed by atoms with Crippen LogP contribution in [0.15, 0.2) is 29.3 Å². The van der Waals surface area contributed by atoms with E-state index in [1.165, 1.54) is 31.5 Å². The number of carbonyl (C=O) groups is 1. The highest BCUT2D eigenvalue weighted by molar-refractivity contribution is 14.0. The number of piperidine rings is 1. The van der Waals surface area contributed by atoms with Crippen LogP contribution in [0.2, 0.25) is 0 Å². The summed E-state index contributed by atoms with van der Waals surface area (Å²) in [5.41, 5.74) is 0.644. The molecule has 0 bridgehead atoms. The van der Waals surface area contributed by atoms with E-state index in [4.69, 9.17) is 0 Å². The van der Waals surface area contributed by atoms with Gasteiger partial charge in [0.2, 0.25) is 5.91 Å². The van der Waals surface area contributed by atoms with Gasteiger partial charge >= 0.3 is 0 Å². The van der Waals surface area contributed by atoms with Gasteiger partial charge in [-0.3, -0.25) is 4.79 Å². The molecular formula is C20H34IN5O2. The Hall–Kier alpha value is -1.55. The normalized spacial score (nSPS) is 15.6. The van der Waals surface area contributed by atoms with Crippen LogP contribution in [0.1, 0.15) is 39.5 Å². The lowest BCUT2D eigenvalue weighted by molar-refractivity contribution is -0.114. The standard InChI is InChI=1S/C20H33N5O2.HI/c1-3-5-12-25-13-10-17(11-14-25)24-20(21-4-2)22-15-19(27)23-16-6-8-18(26)9-7-16;/h6-9,17,26H,3-5,10-15H2,1-2H3,(H,23,27)(H2,21,22,24);1H. The van der Waals surface area contributed by atoms with E-state index >= 15 is 0 Å². The van der Waals surface area contributed by atoms with Crippen LogP contribution in [-0.4, -0.2) is 60.6 Å². The molecule has 1 aromatic rings. The molecule has 4 N–H and O–H groups in total. The van der Waals surface area contributed by atoms with Gasteiger partial charge in [-0.1, -0.05) is 13.3 Å². The number of phenols is 1. The molecule has 0 aliphatic carbocycles. The van der Waals surface area contributed by atoms with Gasteiger partial charge in [0.25, 0.3) is 0 Å². The largest absolute Gasteiger partial charge is 0.508 e. The molecule has 8 heteroatoms. The zero-order valence-corrected chi connectivity index (χ0v) is 19.2. The maximum absolute atomic E-state index is 12.1. The van der Waals surface area contributed by atoms with Crippen LogP contribution >= 0.6 is 24.0 Å². The third-order valence-corrected chi connectivity index (χ3v) is 4.63. The molecule has 2 rings (SSSR count). The summed E-state index contributed by atoms with van der Waals surface area (Å²) in [4.78, 5) is 19.0. The monoisotopic (exact) mass is 503 g/mol. The number of hydrogen-bond acceptors (Lipinski definition) is 4. The van der Waals surface area contributed by atoms with Crippen LogP contribution in [0.5, 0.6) is 5.75 Å². The Morgan fingerprint density at radius 3 is 2.50 bits per heavy atom. The fourth-order valence-corrected chi connectivity index (χ4v) is 3.09. The SMILES string of the molecule is CCCCN1CCC(NC(=NCC(=O)Nc2ccc(O)cc2)NCC)CC1.I. The molecular weight excluding hydrogens is 469 g/mol. The van der Waals surface area contributed by atoms with Gasteiger partial charge in [0.1, 0.15) is 12.3 Å². The Kier molecular flexibility index (Phi) is 11.9. The molecule has 0 radical (unpaired) electrons. The van der Waals surface area contributed by atoms with E-state index in [0.717, 1.165) is 32.5 Å². The second-order valence-corrected chi connectivity index (χ2v) is 6.90. The fraction of sp³-hybridized carbons (Fsp3) is 0.600. The van der Waals surface area contributed by atoms with E-state index in [1.807, 2.05) is 6.92 Å². The summed E-state index contributed by atoms with van der Waals surface area (Å²) in [5, 5.41) is 18.7. The lowest BCUT2D eigenvalue weighted by Crippen LogP contribution is -2.49. The molecule has 0 unspecified atom stereocenters. The number of carbonyl (C=O) groups excluding carboxylic acids is 1. The maximum Gasteiger partial charge on any atom is 0.246 e. The average Bonchev–Trinajstić information content (AvgIpc) is 2.67. The van der Waals surface area contributed by atoms with E-state index in [0.29, 0.717) is 17.7 Å². The van der Waals surface area contributed by atoms with Crippen LogP contribution in [0.25, 0.3) is 0 Å². The number of halogens is 1. The summed E-state index contributed by atoms with van der Waals surface area (Å²) in [5.74, 6) is 0.669. The lowest BCUT2D eigenvalue weighted by Gasteiger charge is -2.33. The zero-order chi connectivity index (χ0) is 19.5. The number of hydrogen-bond donors (Lipinski definition) is 4. The molecule has 158 valence electrons. The molecule has 1 fully saturated rings. The second kappa shape index (κ2) is 13.6. The van der Waals surface area contributed by atoms with Crippen LogP contribution in [0.3, 0.4) is 0 Å². The van der Waals surface area contributed by atoms with Crippen molar-refractivity contribution in [1.29, 1.82) is 0 Å². The van der Waals surface area contributed by atoms with Gasteiger partial charge in [-0.25, -0.2) is 4.99 Å². The molecule has 7 nitrogen and oxygen atoms in total. The number of rotatable bonds is 8. The Morgan fingerprint density at radius 1 is 1.21 bits per heavy atom. The van der Waals surface area contributed by atoms with E-state index in [1.54, 1.807) is 12.1 Å². The van der Waals surface area contributed by atoms with Gasteiger partial charge in [0, 0.05) is 31.4 Å². The zero-order valence-electron chi connectivity index (χ0n) is 16.9. The summed E-state index contributed by atoms with van der Waals surface area (Å²) in [6, 6.07) is 6.79. The number of aromatic hydroxyl groups is 1. The Balaban J connectivity index is 0.00000392. The highest BCUT2D eigenvalue weighted by Gasteiger charge is 2.19. The van der Waals surface area contributed by atoms with Crippen molar-refractivity contribution < 1.29 is 9.90 Å². The summed E-state index contributed by atoms with van der Waals surface area (Å²) in [6.45, 7) is 8.45. The molecule has 0 saturated carbocycles. The minimum absolute atomic E-state index is 0. The fourth-order valence-electron chi connectivity index (χ4n) is 3.09. The first-order chi connectivity index (χ1) is 13.1. The quantitative estimate of drug-likeness (QED) is 0.190. The maximum atomic E-state index is 12.1. The molecule has 0 aromatic heterocycles. The summed E-state index contributed by atoms with van der Waals surface area (Å²) >= 11 is 0. The Bertz CT molecular complexity index is 601. The van der Waals surface area contributed by atoms with Crippen molar-refractivity contribution in [2.24, 2.45) is 4.99 Å². The minimum Gasteiger partial charge on any atom is -0.508 e. The summed E-state index contributed by atoms with van der Waals surface area (Å²) < 4.78 is 0. The van der Waals surface area contributed by atoms with Crippen LogP contribution in [-0.2, 0) is 4.79 Å². The van der Waals surface area contributed by atoms with Crippen LogP contribution in [0.4, 0.5) is 5.69 Å². The smallest absolute Gasteiger partial charge is 0.246 e. The Labute approximate surface area is 185 Å². The van der Waals surface area contributed by atoms with Gasteiger partial charge in [-0.05, 0) is 57.0 Å². The summed E-state index contributed by atoms with van der Waals surface area (Å²) in [6.07, 6.45) is 4.68. The summed E-state index contributed by atoms with van der Waals surface area (Å²) in [7, 11) is 0. The number of nitrogens with zero attached hydrogens (tertiary/aromatic N) is 2. The van der Waals surface area contributed by atoms with Crippen molar-refractivity contribution >= 4 is 41.5 Å². The third-order valence-electron chi connectivity index (χ3n) is 4.63. The van der Waals surface area contributed by atoms with E-state index < -0.39 is 0 Å². The number of phenolic OH excluding ortho intramolecular Hbond substituents is 1. The first-order valence-corrected chi connectivity index (χ1v) is 9.96. The molecule has 1 heterocycles. The number of guanidine groups is 1. The van der Waals surface area contributed by atoms with E-state index in [2.05, 4.69) is 32.8 Å². The van der Waals surface area contributed by atoms with Crippen molar-refractivity contribution in [3.63, 3.8) is 0 Å². The number of unbranched alkanes of at least 4 members (excludes halogenated alkanes) is 1. The predicted molar refractivity (Wildman–Crippen MR) is 126 cm³/mol. The van der Waals surface area contributed by atoms with Crippen molar-refractivity contribution in [2.75, 3.05) is 38.0 Å². The third kappa shape index (κ3) is 9.09. The van der Waals surface area contributed by atoms with Crippen molar-refractivity contribution in [1.82, 2.24) is 15.5 Å². The highest BCUT2D eigenvalue weighted by Crippen LogP contribution is 2.13. The van der Waals surface area contributed by atoms with Crippen molar-refractivity contribution in [3.05, 3.63) is 24.3 Å². The number of likely N-dealkylation sites (tertiary alicyclic amines) is 1. The number of amides is 1. The number of benzene rings is 1. The first-order valence-electron chi connectivity index (χ1n) is 9.96. The molecule has 1 aliphatic heterocycles. The number of aliphatic imine (C=N–C) groups is 1. The molecule has 28 heavy (non-hydrogen) atoms.